The minimum absolute atomic E-state index is 0.0108. The lowest BCUT2D eigenvalue weighted by atomic mass is 10.1. The fourth-order valence-corrected chi connectivity index (χ4v) is 5.74. The Morgan fingerprint density at radius 1 is 0.938 bits per heavy atom. The van der Waals surface area contributed by atoms with E-state index >= 15 is 0 Å². The fourth-order valence-electron chi connectivity index (χ4n) is 3.68. The molecule has 1 aliphatic heterocycles. The van der Waals surface area contributed by atoms with Crippen LogP contribution in [0.2, 0.25) is 0 Å². The van der Waals surface area contributed by atoms with Gasteiger partial charge < -0.3 is 9.84 Å². The Kier molecular flexibility index (Phi) is 5.99. The summed E-state index contributed by atoms with van der Waals surface area (Å²) < 4.78 is 32.3. The van der Waals surface area contributed by atoms with Crippen molar-refractivity contribution in [2.24, 2.45) is 0 Å². The third kappa shape index (κ3) is 3.76. The van der Waals surface area contributed by atoms with E-state index in [2.05, 4.69) is 0 Å². The van der Waals surface area contributed by atoms with Gasteiger partial charge in [0.05, 0.1) is 12.0 Å². The quantitative estimate of drug-likeness (QED) is 0.527. The molecule has 1 aliphatic rings. The first-order valence-corrected chi connectivity index (χ1v) is 12.4. The Morgan fingerprint density at radius 2 is 1.56 bits per heavy atom. The first-order valence-electron chi connectivity index (χ1n) is 9.73. The molecule has 3 aromatic carbocycles. The van der Waals surface area contributed by atoms with Crippen molar-refractivity contribution in [1.82, 2.24) is 0 Å². The second-order valence-electron chi connectivity index (χ2n) is 7.08. The van der Waals surface area contributed by atoms with E-state index in [1.807, 2.05) is 18.4 Å². The molecule has 4 rings (SSSR count). The molecule has 0 unspecified atom stereocenters. The highest BCUT2D eigenvalue weighted by atomic mass is 32.2. The molecule has 1 N–H and O–H groups in total. The molecule has 0 aromatic heterocycles. The van der Waals surface area contributed by atoms with Crippen LogP contribution in [-0.4, -0.2) is 32.8 Å². The first-order chi connectivity index (χ1) is 15.4. The predicted molar refractivity (Wildman–Crippen MR) is 125 cm³/mol. The van der Waals surface area contributed by atoms with Crippen LogP contribution in [-0.2, 0) is 14.6 Å². The SMILES string of the molecule is COc1ccc(N2C(=O)C(O)=C(S(=O)(=O)c3ccccc3)[C@@H]2c2ccc(SC)cc2)cc1. The molecule has 0 bridgehead atoms. The van der Waals surface area contributed by atoms with Gasteiger partial charge in [0, 0.05) is 10.6 Å². The van der Waals surface area contributed by atoms with Crippen LogP contribution in [0.1, 0.15) is 11.6 Å². The largest absolute Gasteiger partial charge is 0.502 e. The van der Waals surface area contributed by atoms with Gasteiger partial charge in [0.1, 0.15) is 16.7 Å². The van der Waals surface area contributed by atoms with Crippen molar-refractivity contribution in [3.05, 3.63) is 95.1 Å². The highest BCUT2D eigenvalue weighted by Gasteiger charge is 2.47. The van der Waals surface area contributed by atoms with Crippen molar-refractivity contribution in [3.8, 4) is 5.75 Å². The second kappa shape index (κ2) is 8.72. The van der Waals surface area contributed by atoms with E-state index in [1.165, 1.54) is 24.1 Å². The van der Waals surface area contributed by atoms with E-state index in [0.29, 0.717) is 17.0 Å². The number of rotatable bonds is 6. The van der Waals surface area contributed by atoms with Crippen LogP contribution in [0.4, 0.5) is 5.69 Å². The standard InChI is InChI=1S/C24H21NO5S2/c1-30-18-12-10-17(11-13-18)25-21(16-8-14-19(31-2)15-9-16)23(22(26)24(25)27)32(28,29)20-6-4-3-5-7-20/h3-15,21,26H,1-2H3/t21-/m0/s1. The summed E-state index contributed by atoms with van der Waals surface area (Å²) in [7, 11) is -2.62. The molecule has 1 heterocycles. The number of amides is 1. The summed E-state index contributed by atoms with van der Waals surface area (Å²) in [5, 5.41) is 10.8. The number of ether oxygens (including phenoxy) is 1. The molecule has 0 saturated heterocycles. The van der Waals surface area contributed by atoms with Gasteiger partial charge >= 0.3 is 0 Å². The van der Waals surface area contributed by atoms with Crippen molar-refractivity contribution in [2.75, 3.05) is 18.3 Å². The molecule has 8 heteroatoms. The maximum absolute atomic E-state index is 13.6. The molecule has 0 fully saturated rings. The van der Waals surface area contributed by atoms with E-state index in [4.69, 9.17) is 4.74 Å². The van der Waals surface area contributed by atoms with Gasteiger partial charge in [0.25, 0.3) is 5.91 Å². The average Bonchev–Trinajstić information content (AvgIpc) is 3.10. The van der Waals surface area contributed by atoms with Crippen LogP contribution in [0.5, 0.6) is 5.75 Å². The average molecular weight is 468 g/mol. The van der Waals surface area contributed by atoms with Gasteiger partial charge in [-0.3, -0.25) is 9.69 Å². The number of methoxy groups -OCH3 is 1. The van der Waals surface area contributed by atoms with Gasteiger partial charge in [-0.25, -0.2) is 8.42 Å². The molecular formula is C24H21NO5S2. The Morgan fingerprint density at radius 3 is 2.12 bits per heavy atom. The third-order valence-corrected chi connectivity index (χ3v) is 7.92. The number of benzene rings is 3. The van der Waals surface area contributed by atoms with Crippen LogP contribution in [0.25, 0.3) is 0 Å². The Labute approximate surface area is 191 Å². The van der Waals surface area contributed by atoms with Gasteiger partial charge in [0.15, 0.2) is 5.76 Å². The van der Waals surface area contributed by atoms with E-state index in [9.17, 15) is 18.3 Å². The van der Waals surface area contributed by atoms with Gasteiger partial charge in [0.2, 0.25) is 9.84 Å². The molecule has 0 saturated carbocycles. The molecule has 0 radical (unpaired) electrons. The summed E-state index contributed by atoms with van der Waals surface area (Å²) >= 11 is 1.55. The number of sulfone groups is 1. The monoisotopic (exact) mass is 467 g/mol. The van der Waals surface area contributed by atoms with Crippen molar-refractivity contribution in [3.63, 3.8) is 0 Å². The molecule has 1 amide bonds. The zero-order chi connectivity index (χ0) is 22.9. The van der Waals surface area contributed by atoms with E-state index in [1.54, 1.807) is 66.4 Å². The highest BCUT2D eigenvalue weighted by molar-refractivity contribution is 7.98. The Hall–Kier alpha value is -3.23. The molecular weight excluding hydrogens is 446 g/mol. The smallest absolute Gasteiger partial charge is 0.295 e. The second-order valence-corrected chi connectivity index (χ2v) is 9.88. The molecule has 0 spiro atoms. The number of thioether (sulfide) groups is 1. The van der Waals surface area contributed by atoms with Crippen LogP contribution in [0.15, 0.2) is 99.3 Å². The first kappa shape index (κ1) is 22.0. The van der Waals surface area contributed by atoms with Crippen molar-refractivity contribution in [2.45, 2.75) is 15.8 Å². The minimum Gasteiger partial charge on any atom is -0.502 e. The van der Waals surface area contributed by atoms with Gasteiger partial charge in [-0.2, -0.15) is 0 Å². The predicted octanol–water partition coefficient (Wildman–Crippen LogP) is 4.75. The Balaban J connectivity index is 1.91. The number of aliphatic hydroxyl groups excluding tert-OH is 1. The van der Waals surface area contributed by atoms with Crippen LogP contribution < -0.4 is 9.64 Å². The summed E-state index contributed by atoms with van der Waals surface area (Å²) in [5.74, 6) is -0.956. The zero-order valence-electron chi connectivity index (χ0n) is 17.4. The summed E-state index contributed by atoms with van der Waals surface area (Å²) in [6.45, 7) is 0. The van der Waals surface area contributed by atoms with Gasteiger partial charge in [-0.05, 0) is 60.4 Å². The molecule has 1 atom stereocenters. The van der Waals surface area contributed by atoms with Crippen LogP contribution >= 0.6 is 11.8 Å². The molecule has 164 valence electrons. The van der Waals surface area contributed by atoms with Crippen molar-refractivity contribution < 1.29 is 23.1 Å². The van der Waals surface area contributed by atoms with Crippen LogP contribution in [0.3, 0.4) is 0 Å². The number of nitrogens with zero attached hydrogens (tertiary/aromatic N) is 1. The fraction of sp³-hybridized carbons (Fsp3) is 0.125. The Bertz CT molecular complexity index is 1270. The number of aliphatic hydroxyl groups is 1. The zero-order valence-corrected chi connectivity index (χ0v) is 19.1. The highest BCUT2D eigenvalue weighted by Crippen LogP contribution is 2.45. The van der Waals surface area contributed by atoms with E-state index in [-0.39, 0.29) is 9.80 Å². The number of hydrogen-bond donors (Lipinski definition) is 1. The number of carbonyl (C=O) groups is 1. The topological polar surface area (TPSA) is 83.9 Å². The molecule has 0 aliphatic carbocycles. The summed E-state index contributed by atoms with van der Waals surface area (Å²) in [5.41, 5.74) is 1.02. The van der Waals surface area contributed by atoms with Gasteiger partial charge in [-0.1, -0.05) is 30.3 Å². The summed E-state index contributed by atoms with van der Waals surface area (Å²) in [4.78, 5) is 15.2. The summed E-state index contributed by atoms with van der Waals surface area (Å²) in [6, 6.07) is 20.7. The maximum atomic E-state index is 13.6. The lowest BCUT2D eigenvalue weighted by Gasteiger charge is -2.27. The number of hydrogen-bond acceptors (Lipinski definition) is 6. The van der Waals surface area contributed by atoms with Gasteiger partial charge in [-0.15, -0.1) is 11.8 Å². The van der Waals surface area contributed by atoms with E-state index < -0.39 is 27.5 Å². The van der Waals surface area contributed by atoms with E-state index in [0.717, 1.165) is 4.90 Å². The molecule has 32 heavy (non-hydrogen) atoms. The minimum atomic E-state index is -4.15. The molecule has 3 aromatic rings. The molecule has 6 nitrogen and oxygen atoms in total. The normalized spacial score (nSPS) is 16.5. The lowest BCUT2D eigenvalue weighted by Crippen LogP contribution is -2.31. The third-order valence-electron chi connectivity index (χ3n) is 5.29. The number of anilines is 1. The van der Waals surface area contributed by atoms with Crippen LogP contribution in [0, 0.1) is 0 Å². The summed E-state index contributed by atoms with van der Waals surface area (Å²) in [6.07, 6.45) is 1.94. The maximum Gasteiger partial charge on any atom is 0.295 e. The van der Waals surface area contributed by atoms with Crippen molar-refractivity contribution in [1.29, 1.82) is 0 Å². The lowest BCUT2D eigenvalue weighted by molar-refractivity contribution is -0.117. The van der Waals surface area contributed by atoms with Crippen molar-refractivity contribution >= 4 is 33.2 Å². The number of carbonyl (C=O) groups excluding carboxylic acids is 1.